The highest BCUT2D eigenvalue weighted by Gasteiger charge is 2.23. The van der Waals surface area contributed by atoms with E-state index in [0.29, 0.717) is 5.56 Å². The van der Waals surface area contributed by atoms with Gasteiger partial charge in [-0.1, -0.05) is 12.1 Å². The minimum Gasteiger partial charge on any atom is -0.277 e. The summed E-state index contributed by atoms with van der Waals surface area (Å²) in [6, 6.07) is 7.18. The van der Waals surface area contributed by atoms with E-state index in [2.05, 4.69) is 0 Å². The Morgan fingerprint density at radius 1 is 1.00 bits per heavy atom. The van der Waals surface area contributed by atoms with E-state index in [0.717, 1.165) is 0 Å². The molecule has 0 heterocycles. The molecule has 0 spiro atoms. The van der Waals surface area contributed by atoms with Crippen molar-refractivity contribution in [1.82, 2.24) is 0 Å². The number of hydrogen-bond acceptors (Lipinski definition) is 3. The van der Waals surface area contributed by atoms with E-state index in [9.17, 15) is 26.0 Å². The lowest BCUT2D eigenvalue weighted by Gasteiger charge is -2.11. The Hall–Kier alpha value is -2.60. The van der Waals surface area contributed by atoms with E-state index < -0.39 is 44.7 Å². The van der Waals surface area contributed by atoms with Crippen molar-refractivity contribution in [1.29, 1.82) is 5.26 Å². The molecule has 4 nitrogen and oxygen atoms in total. The molecule has 9 heteroatoms. The van der Waals surface area contributed by atoms with Crippen LogP contribution >= 0.6 is 0 Å². The topological polar surface area (TPSA) is 70.0 Å². The molecule has 0 bridgehead atoms. The normalized spacial score (nSPS) is 11.1. The number of halogens is 4. The van der Waals surface area contributed by atoms with Crippen molar-refractivity contribution >= 4 is 15.7 Å². The molecule has 1 N–H and O–H groups in total. The zero-order valence-electron chi connectivity index (χ0n) is 11.3. The molecule has 0 aliphatic rings. The third-order valence-corrected chi connectivity index (χ3v) is 4.04. The smallest absolute Gasteiger partial charge is 0.237 e. The number of nitrogens with one attached hydrogen (secondary N) is 1. The molecular weight excluding hydrogens is 336 g/mol. The highest BCUT2D eigenvalue weighted by molar-refractivity contribution is 7.91. The first-order chi connectivity index (χ1) is 10.7. The van der Waals surface area contributed by atoms with Crippen LogP contribution in [0.1, 0.15) is 11.1 Å². The molecule has 0 atom stereocenters. The molecule has 2 aromatic carbocycles. The molecule has 0 fully saturated rings. The van der Waals surface area contributed by atoms with Crippen molar-refractivity contribution in [3.63, 3.8) is 0 Å². The summed E-state index contributed by atoms with van der Waals surface area (Å²) in [7, 11) is -4.33. The lowest BCUT2D eigenvalue weighted by atomic mass is 10.2. The number of nitriles is 1. The van der Waals surface area contributed by atoms with Gasteiger partial charge in [-0.2, -0.15) is 5.26 Å². The average molecular weight is 344 g/mol. The van der Waals surface area contributed by atoms with Crippen LogP contribution in [0.15, 0.2) is 30.3 Å². The Kier molecular flexibility index (Phi) is 4.56. The van der Waals surface area contributed by atoms with Gasteiger partial charge in [0, 0.05) is 6.07 Å². The maximum atomic E-state index is 13.5. The SMILES string of the molecule is N#Cc1ccc(CS(=O)(=O)Nc2c(F)c(F)cc(F)c2F)cc1. The van der Waals surface area contributed by atoms with E-state index in [1.807, 2.05) is 6.07 Å². The van der Waals surface area contributed by atoms with Crippen molar-refractivity contribution < 1.29 is 26.0 Å². The van der Waals surface area contributed by atoms with Crippen molar-refractivity contribution in [3.05, 3.63) is 64.7 Å². The molecule has 0 aliphatic heterocycles. The van der Waals surface area contributed by atoms with Crippen molar-refractivity contribution in [2.24, 2.45) is 0 Å². The fourth-order valence-electron chi connectivity index (χ4n) is 1.75. The average Bonchev–Trinajstić information content (AvgIpc) is 2.50. The number of nitrogens with zero attached hydrogens (tertiary/aromatic N) is 1. The molecule has 0 saturated carbocycles. The van der Waals surface area contributed by atoms with Crippen LogP contribution in [-0.2, 0) is 15.8 Å². The maximum Gasteiger partial charge on any atom is 0.237 e. The van der Waals surface area contributed by atoms with Crippen molar-refractivity contribution in [3.8, 4) is 6.07 Å². The summed E-state index contributed by atoms with van der Waals surface area (Å²) in [6.07, 6.45) is 0. The monoisotopic (exact) mass is 344 g/mol. The summed E-state index contributed by atoms with van der Waals surface area (Å²) >= 11 is 0. The van der Waals surface area contributed by atoms with Gasteiger partial charge in [0.05, 0.1) is 17.4 Å². The number of anilines is 1. The Morgan fingerprint density at radius 3 is 2.00 bits per heavy atom. The first-order valence-corrected chi connectivity index (χ1v) is 7.71. The number of sulfonamides is 1. The number of benzene rings is 2. The largest absolute Gasteiger partial charge is 0.277 e. The zero-order valence-corrected chi connectivity index (χ0v) is 12.1. The highest BCUT2D eigenvalue weighted by Crippen LogP contribution is 2.25. The Labute approximate surface area is 129 Å². The highest BCUT2D eigenvalue weighted by atomic mass is 32.2. The molecule has 2 rings (SSSR count). The summed E-state index contributed by atoms with van der Waals surface area (Å²) in [5.41, 5.74) is -0.909. The van der Waals surface area contributed by atoms with Gasteiger partial charge in [0.25, 0.3) is 0 Å². The summed E-state index contributed by atoms with van der Waals surface area (Å²) in [4.78, 5) is 0. The zero-order chi connectivity index (χ0) is 17.2. The van der Waals surface area contributed by atoms with Gasteiger partial charge >= 0.3 is 0 Å². The predicted molar refractivity (Wildman–Crippen MR) is 73.7 cm³/mol. The van der Waals surface area contributed by atoms with E-state index in [4.69, 9.17) is 5.26 Å². The second-order valence-electron chi connectivity index (χ2n) is 4.51. The van der Waals surface area contributed by atoms with Gasteiger partial charge < -0.3 is 0 Å². The summed E-state index contributed by atoms with van der Waals surface area (Å²) in [5, 5.41) is 8.63. The third kappa shape index (κ3) is 3.78. The van der Waals surface area contributed by atoms with Crippen molar-refractivity contribution in [2.45, 2.75) is 5.75 Å². The van der Waals surface area contributed by atoms with Crippen LogP contribution in [0.4, 0.5) is 23.2 Å². The minimum atomic E-state index is -4.33. The van der Waals surface area contributed by atoms with Crippen LogP contribution in [0.3, 0.4) is 0 Å². The molecule has 0 aliphatic carbocycles. The van der Waals surface area contributed by atoms with Crippen molar-refractivity contribution in [2.75, 3.05) is 4.72 Å². The Bertz CT molecular complexity index is 864. The van der Waals surface area contributed by atoms with E-state index >= 15 is 0 Å². The quantitative estimate of drug-likeness (QED) is 0.685. The van der Waals surface area contributed by atoms with Crippen LogP contribution in [-0.4, -0.2) is 8.42 Å². The summed E-state index contributed by atoms with van der Waals surface area (Å²) in [5.74, 6) is -7.82. The van der Waals surface area contributed by atoms with Crippen LogP contribution < -0.4 is 4.72 Å². The second kappa shape index (κ2) is 6.26. The lowest BCUT2D eigenvalue weighted by molar-refractivity contribution is 0.459. The molecule has 2 aromatic rings. The lowest BCUT2D eigenvalue weighted by Crippen LogP contribution is -2.18. The molecule has 23 heavy (non-hydrogen) atoms. The van der Waals surface area contributed by atoms with Gasteiger partial charge in [0.2, 0.25) is 10.0 Å². The molecule has 0 saturated heterocycles. The van der Waals surface area contributed by atoms with Gasteiger partial charge in [0.15, 0.2) is 23.3 Å². The van der Waals surface area contributed by atoms with Gasteiger partial charge in [-0.15, -0.1) is 0 Å². The minimum absolute atomic E-state index is 0.0247. The van der Waals surface area contributed by atoms with Gasteiger partial charge in [0.1, 0.15) is 5.69 Å². The van der Waals surface area contributed by atoms with Gasteiger partial charge in [-0.05, 0) is 17.7 Å². The predicted octanol–water partition coefficient (Wildman–Crippen LogP) is 3.06. The van der Waals surface area contributed by atoms with E-state index in [-0.39, 0.29) is 11.6 Å². The van der Waals surface area contributed by atoms with E-state index in [1.54, 1.807) is 0 Å². The van der Waals surface area contributed by atoms with Gasteiger partial charge in [-0.25, -0.2) is 26.0 Å². The molecule has 0 amide bonds. The molecule has 0 unspecified atom stereocenters. The van der Waals surface area contributed by atoms with E-state index in [1.165, 1.54) is 29.0 Å². The Balaban J connectivity index is 2.30. The Morgan fingerprint density at radius 2 is 1.52 bits per heavy atom. The van der Waals surface area contributed by atoms with Crippen LogP contribution in [0.5, 0.6) is 0 Å². The van der Waals surface area contributed by atoms with Crippen LogP contribution in [0, 0.1) is 34.6 Å². The number of hydrogen-bond donors (Lipinski definition) is 1. The summed E-state index contributed by atoms with van der Waals surface area (Å²) < 4.78 is 78.3. The molecule has 0 radical (unpaired) electrons. The third-order valence-electron chi connectivity index (χ3n) is 2.81. The van der Waals surface area contributed by atoms with Crippen LogP contribution in [0.2, 0.25) is 0 Å². The molecular formula is C14H8F4N2O2S. The number of rotatable bonds is 4. The van der Waals surface area contributed by atoms with Crippen LogP contribution in [0.25, 0.3) is 0 Å². The molecule has 120 valence electrons. The summed E-state index contributed by atoms with van der Waals surface area (Å²) in [6.45, 7) is 0. The maximum absolute atomic E-state index is 13.5. The standard InChI is InChI=1S/C14H8F4N2O2S/c15-10-5-11(16)13(18)14(12(10)17)20-23(21,22)7-9-3-1-8(6-19)2-4-9/h1-5,20H,7H2. The van der Waals surface area contributed by atoms with Gasteiger partial charge in [-0.3, -0.25) is 4.72 Å². The first-order valence-electron chi connectivity index (χ1n) is 6.06. The second-order valence-corrected chi connectivity index (χ2v) is 6.24. The molecule has 0 aromatic heterocycles. The fraction of sp³-hybridized carbons (Fsp3) is 0.0714. The fourth-order valence-corrected chi connectivity index (χ4v) is 2.94. The first kappa shape index (κ1) is 16.8.